The molecule has 0 aromatic rings. The summed E-state index contributed by atoms with van der Waals surface area (Å²) in [5.74, 6) is 0. The fourth-order valence-electron chi connectivity index (χ4n) is 0.985. The molecule has 0 amide bonds. The van der Waals surface area contributed by atoms with Crippen LogP contribution in [0, 0.1) is 11.3 Å². The van der Waals surface area contributed by atoms with E-state index in [4.69, 9.17) is 15.8 Å². The molecule has 0 aromatic carbocycles. The monoisotopic (exact) mass is 185 g/mol. The number of nitrogens with two attached hydrogens (primary N) is 1. The normalized spacial score (nSPS) is 18.8. The average Bonchev–Trinajstić information content (AvgIpc) is 2.20. The van der Waals surface area contributed by atoms with E-state index in [9.17, 15) is 0 Å². The summed E-state index contributed by atoms with van der Waals surface area (Å²) in [6.45, 7) is 2.13. The van der Waals surface area contributed by atoms with E-state index in [1.165, 1.54) is 7.11 Å². The van der Waals surface area contributed by atoms with E-state index in [2.05, 4.69) is 16.1 Å². The Morgan fingerprint density at radius 3 is 2.31 bits per heavy atom. The molecule has 0 bridgehead atoms. The van der Waals surface area contributed by atoms with Crippen molar-refractivity contribution in [1.29, 1.82) is 5.26 Å². The second kappa shape index (κ2) is 6.40. The Hall–Kier alpha value is -1.12. The highest BCUT2D eigenvalue weighted by Gasteiger charge is 2.26. The minimum atomic E-state index is -0.536. The van der Waals surface area contributed by atoms with Gasteiger partial charge in [-0.05, 0) is 25.9 Å². The summed E-state index contributed by atoms with van der Waals surface area (Å²) in [5, 5.41) is 11.7. The van der Waals surface area contributed by atoms with Crippen molar-refractivity contribution in [1.82, 2.24) is 5.32 Å². The number of rotatable bonds is 1. The fraction of sp³-hybridized carbons (Fsp3) is 0.750. The molecule has 0 aliphatic carbocycles. The van der Waals surface area contributed by atoms with Crippen LogP contribution in [0.25, 0.3) is 0 Å². The quantitative estimate of drug-likeness (QED) is 0.531. The van der Waals surface area contributed by atoms with Crippen molar-refractivity contribution in [2.45, 2.75) is 18.4 Å². The Labute approximate surface area is 77.9 Å². The molecular formula is C8H15N3O2. The molecule has 3 N–H and O–H groups in total. The summed E-state index contributed by atoms with van der Waals surface area (Å²) in [4.78, 5) is 8.95. The summed E-state index contributed by atoms with van der Waals surface area (Å²) in [7, 11) is 1.31. The van der Waals surface area contributed by atoms with Gasteiger partial charge in [0, 0.05) is 0 Å². The maximum Gasteiger partial charge on any atom is 0.292 e. The number of carbonyl (C=O) groups is 1. The molecule has 5 nitrogen and oxygen atoms in total. The molecule has 1 heterocycles. The predicted molar refractivity (Wildman–Crippen MR) is 47.7 cm³/mol. The van der Waals surface area contributed by atoms with Crippen molar-refractivity contribution in [3.63, 3.8) is 0 Å². The van der Waals surface area contributed by atoms with Crippen LogP contribution < -0.4 is 11.1 Å². The minimum absolute atomic E-state index is 0.375. The number of nitriles is 1. The molecule has 1 rings (SSSR count). The van der Waals surface area contributed by atoms with E-state index in [-0.39, 0.29) is 0 Å². The van der Waals surface area contributed by atoms with Crippen molar-refractivity contribution in [3.8, 4) is 6.07 Å². The van der Waals surface area contributed by atoms with Crippen LogP contribution >= 0.6 is 0 Å². The van der Waals surface area contributed by atoms with Gasteiger partial charge in [-0.25, -0.2) is 0 Å². The lowest BCUT2D eigenvalue weighted by atomic mass is 9.92. The van der Waals surface area contributed by atoms with Crippen molar-refractivity contribution < 1.29 is 9.53 Å². The highest BCUT2D eigenvalue weighted by molar-refractivity contribution is 5.36. The zero-order valence-corrected chi connectivity index (χ0v) is 7.75. The topological polar surface area (TPSA) is 88.1 Å². The number of nitrogens with zero attached hydrogens (tertiary/aromatic N) is 1. The molecule has 74 valence electrons. The van der Waals surface area contributed by atoms with Crippen LogP contribution in [0.5, 0.6) is 0 Å². The SMILES string of the molecule is COC=O.N#CC1(N)CCNCC1. The fourth-order valence-corrected chi connectivity index (χ4v) is 0.985. The molecule has 1 saturated heterocycles. The highest BCUT2D eigenvalue weighted by Crippen LogP contribution is 2.12. The van der Waals surface area contributed by atoms with Crippen LogP contribution in [-0.2, 0) is 9.53 Å². The van der Waals surface area contributed by atoms with E-state index < -0.39 is 5.54 Å². The largest absolute Gasteiger partial charge is 0.471 e. The van der Waals surface area contributed by atoms with E-state index in [1.807, 2.05) is 0 Å². The minimum Gasteiger partial charge on any atom is -0.471 e. The summed E-state index contributed by atoms with van der Waals surface area (Å²) >= 11 is 0. The molecule has 0 saturated carbocycles. The highest BCUT2D eigenvalue weighted by atomic mass is 16.5. The molecule has 13 heavy (non-hydrogen) atoms. The van der Waals surface area contributed by atoms with Crippen LogP contribution in [0.3, 0.4) is 0 Å². The van der Waals surface area contributed by atoms with Gasteiger partial charge >= 0.3 is 0 Å². The lowest BCUT2D eigenvalue weighted by molar-refractivity contribution is -0.126. The average molecular weight is 185 g/mol. The molecule has 0 unspecified atom stereocenters. The molecule has 0 aromatic heterocycles. The van der Waals surface area contributed by atoms with Gasteiger partial charge in [0.2, 0.25) is 0 Å². The van der Waals surface area contributed by atoms with Gasteiger partial charge in [0.1, 0.15) is 5.54 Å². The van der Waals surface area contributed by atoms with Gasteiger partial charge in [-0.2, -0.15) is 5.26 Å². The second-order valence-electron chi connectivity index (χ2n) is 2.85. The molecule has 5 heteroatoms. The van der Waals surface area contributed by atoms with Crippen LogP contribution in [0.15, 0.2) is 0 Å². The summed E-state index contributed by atoms with van der Waals surface area (Å²) in [5.41, 5.74) is 5.12. The van der Waals surface area contributed by atoms with E-state index in [0.29, 0.717) is 6.47 Å². The van der Waals surface area contributed by atoms with E-state index in [1.54, 1.807) is 0 Å². The molecular weight excluding hydrogens is 170 g/mol. The maximum atomic E-state index is 8.95. The number of carbonyl (C=O) groups excluding carboxylic acids is 1. The van der Waals surface area contributed by atoms with Crippen LogP contribution in [0.1, 0.15) is 12.8 Å². The standard InChI is InChI=1S/C6H11N3.C2H4O2/c7-5-6(8)1-3-9-4-2-6;1-4-2-3/h9H,1-4,8H2;2H,1H3. The number of nitrogens with one attached hydrogen (secondary N) is 1. The van der Waals surface area contributed by atoms with E-state index >= 15 is 0 Å². The number of hydrogen-bond acceptors (Lipinski definition) is 5. The van der Waals surface area contributed by atoms with Crippen LogP contribution in [-0.4, -0.2) is 32.2 Å². The van der Waals surface area contributed by atoms with Crippen molar-refractivity contribution in [3.05, 3.63) is 0 Å². The predicted octanol–water partition coefficient (Wildman–Crippen LogP) is -0.620. The number of hydrogen-bond donors (Lipinski definition) is 2. The van der Waals surface area contributed by atoms with Gasteiger partial charge in [0.25, 0.3) is 6.47 Å². The Balaban J connectivity index is 0.000000310. The Morgan fingerprint density at radius 1 is 1.62 bits per heavy atom. The smallest absolute Gasteiger partial charge is 0.292 e. The van der Waals surface area contributed by atoms with Crippen molar-refractivity contribution >= 4 is 6.47 Å². The first-order valence-electron chi connectivity index (χ1n) is 4.06. The first kappa shape index (κ1) is 11.9. The van der Waals surface area contributed by atoms with Crippen molar-refractivity contribution in [2.75, 3.05) is 20.2 Å². The molecule has 1 fully saturated rings. The van der Waals surface area contributed by atoms with Crippen LogP contribution in [0.2, 0.25) is 0 Å². The first-order valence-corrected chi connectivity index (χ1v) is 4.06. The molecule has 1 aliphatic rings. The van der Waals surface area contributed by atoms with Gasteiger partial charge in [0.15, 0.2) is 0 Å². The molecule has 0 atom stereocenters. The zero-order chi connectivity index (χ0) is 10.2. The van der Waals surface area contributed by atoms with E-state index in [0.717, 1.165) is 25.9 Å². The lowest BCUT2D eigenvalue weighted by Crippen LogP contribution is -2.47. The Kier molecular flexibility index (Phi) is 5.85. The summed E-state index contributed by atoms with van der Waals surface area (Å²) in [6, 6.07) is 2.12. The van der Waals surface area contributed by atoms with Gasteiger partial charge in [-0.1, -0.05) is 0 Å². The third kappa shape index (κ3) is 5.17. The third-order valence-electron chi connectivity index (χ3n) is 1.81. The maximum absolute atomic E-state index is 8.95. The zero-order valence-electron chi connectivity index (χ0n) is 7.75. The lowest BCUT2D eigenvalue weighted by Gasteiger charge is -2.26. The second-order valence-corrected chi connectivity index (χ2v) is 2.85. The van der Waals surface area contributed by atoms with Gasteiger partial charge in [-0.3, -0.25) is 4.79 Å². The van der Waals surface area contributed by atoms with Crippen LogP contribution in [0.4, 0.5) is 0 Å². The Bertz CT molecular complexity index is 182. The number of piperidine rings is 1. The number of ether oxygens (including phenoxy) is 1. The molecule has 0 spiro atoms. The third-order valence-corrected chi connectivity index (χ3v) is 1.81. The van der Waals surface area contributed by atoms with Gasteiger partial charge in [-0.15, -0.1) is 0 Å². The Morgan fingerprint density at radius 2 is 2.08 bits per heavy atom. The number of methoxy groups -OCH3 is 1. The first-order chi connectivity index (χ1) is 6.18. The summed E-state index contributed by atoms with van der Waals surface area (Å²) in [6.07, 6.45) is 1.56. The van der Waals surface area contributed by atoms with Gasteiger partial charge < -0.3 is 15.8 Å². The molecule has 1 aliphatic heterocycles. The van der Waals surface area contributed by atoms with Gasteiger partial charge in [0.05, 0.1) is 13.2 Å². The van der Waals surface area contributed by atoms with Crippen molar-refractivity contribution in [2.24, 2.45) is 5.73 Å². The molecule has 0 radical (unpaired) electrons. The summed E-state index contributed by atoms with van der Waals surface area (Å²) < 4.78 is 3.86.